The summed E-state index contributed by atoms with van der Waals surface area (Å²) in [5, 5.41) is 20.6. The van der Waals surface area contributed by atoms with Gasteiger partial charge >= 0.3 is 0 Å². The normalized spacial score (nSPS) is 33.9. The van der Waals surface area contributed by atoms with Crippen molar-refractivity contribution in [1.29, 1.82) is 0 Å². The number of nitrogens with zero attached hydrogens (tertiary/aromatic N) is 2. The van der Waals surface area contributed by atoms with E-state index >= 15 is 0 Å². The smallest absolute Gasteiger partial charge is 0.143 e. The number of pyridine rings is 1. The van der Waals surface area contributed by atoms with Crippen LogP contribution in [0.2, 0.25) is 0 Å². The number of fused-ring (bicyclic) bond motifs is 1. The van der Waals surface area contributed by atoms with E-state index in [1.165, 1.54) is 38.3 Å². The van der Waals surface area contributed by atoms with Gasteiger partial charge in [-0.15, -0.1) is 0 Å². The predicted octanol–water partition coefficient (Wildman–Crippen LogP) is 3.07. The largest absolute Gasteiger partial charge is 0.506 e. The Hall–Kier alpha value is -1.46. The van der Waals surface area contributed by atoms with Crippen LogP contribution < -0.4 is 0 Å². The lowest BCUT2D eigenvalue weighted by Crippen LogP contribution is -2.34. The number of hydrogen-bond acceptors (Lipinski definition) is 5. The Balaban J connectivity index is 1.37. The van der Waals surface area contributed by atoms with Crippen molar-refractivity contribution in [3.05, 3.63) is 24.0 Å². The summed E-state index contributed by atoms with van der Waals surface area (Å²) in [6.45, 7) is 1.70. The second-order valence-corrected chi connectivity index (χ2v) is 8.84. The molecule has 0 aromatic carbocycles. The molecule has 5 heteroatoms. The molecule has 0 spiro atoms. The summed E-state index contributed by atoms with van der Waals surface area (Å²) >= 11 is 0. The van der Waals surface area contributed by atoms with Gasteiger partial charge in [-0.3, -0.25) is 9.88 Å². The highest BCUT2D eigenvalue weighted by Gasteiger charge is 2.49. The van der Waals surface area contributed by atoms with Crippen molar-refractivity contribution in [2.24, 2.45) is 17.8 Å². The highest BCUT2D eigenvalue weighted by molar-refractivity contribution is 5.60. The average Bonchev–Trinajstić information content (AvgIpc) is 3.12. The maximum Gasteiger partial charge on any atom is 0.143 e. The van der Waals surface area contributed by atoms with E-state index < -0.39 is 5.60 Å². The molecule has 4 atom stereocenters. The molecule has 5 nitrogen and oxygen atoms in total. The molecule has 0 radical (unpaired) electrons. The molecule has 2 heterocycles. The number of hydrogen-bond donors (Lipinski definition) is 2. The minimum atomic E-state index is -0.489. The van der Waals surface area contributed by atoms with Gasteiger partial charge in [-0.2, -0.15) is 0 Å². The van der Waals surface area contributed by atoms with Gasteiger partial charge in [-0.25, -0.2) is 0 Å². The molecule has 0 bridgehead atoms. The molecule has 26 heavy (non-hydrogen) atoms. The zero-order valence-corrected chi connectivity index (χ0v) is 15.4. The Labute approximate surface area is 155 Å². The Bertz CT molecular complexity index is 613. The van der Waals surface area contributed by atoms with E-state index in [1.807, 2.05) is 0 Å². The van der Waals surface area contributed by atoms with Crippen molar-refractivity contribution < 1.29 is 15.0 Å². The number of likely N-dealkylation sites (tertiary alicyclic amines) is 1. The van der Waals surface area contributed by atoms with Crippen LogP contribution in [0.4, 0.5) is 0 Å². The fourth-order valence-electron chi connectivity index (χ4n) is 5.73. The van der Waals surface area contributed by atoms with Gasteiger partial charge in [0, 0.05) is 13.1 Å². The SMILES string of the molecule is O=CC(c1ccc(O)cn1)N1C[C@@H]2CC(O)(CC3CCCCC3)C[C@@H]2C1. The molecule has 2 unspecified atom stereocenters. The summed E-state index contributed by atoms with van der Waals surface area (Å²) in [6, 6.07) is 2.95. The molecule has 1 aromatic rings. The molecular formula is C21H30N2O3. The topological polar surface area (TPSA) is 73.7 Å². The summed E-state index contributed by atoms with van der Waals surface area (Å²) in [5.41, 5.74) is 0.201. The quantitative estimate of drug-likeness (QED) is 0.792. The number of aldehydes is 1. The zero-order valence-electron chi connectivity index (χ0n) is 15.4. The lowest BCUT2D eigenvalue weighted by atomic mass is 9.79. The summed E-state index contributed by atoms with van der Waals surface area (Å²) in [7, 11) is 0. The Morgan fingerprint density at radius 2 is 1.88 bits per heavy atom. The van der Waals surface area contributed by atoms with Crippen molar-refractivity contribution in [1.82, 2.24) is 9.88 Å². The molecule has 1 saturated heterocycles. The maximum absolute atomic E-state index is 11.7. The van der Waals surface area contributed by atoms with E-state index in [2.05, 4.69) is 9.88 Å². The molecule has 2 saturated carbocycles. The molecule has 2 N–H and O–H groups in total. The molecule has 4 rings (SSSR count). The Kier molecular flexibility index (Phi) is 5.02. The molecule has 3 aliphatic rings. The Morgan fingerprint density at radius 3 is 2.46 bits per heavy atom. The first-order valence-corrected chi connectivity index (χ1v) is 10.1. The number of aromatic nitrogens is 1. The lowest BCUT2D eigenvalue weighted by molar-refractivity contribution is -0.112. The third kappa shape index (κ3) is 3.65. The van der Waals surface area contributed by atoms with Crippen molar-refractivity contribution in [2.45, 2.75) is 63.0 Å². The second kappa shape index (κ2) is 7.28. The van der Waals surface area contributed by atoms with Crippen molar-refractivity contribution in [2.75, 3.05) is 13.1 Å². The zero-order chi connectivity index (χ0) is 18.1. The van der Waals surface area contributed by atoms with Gasteiger partial charge in [0.25, 0.3) is 0 Å². The van der Waals surface area contributed by atoms with Crippen LogP contribution in [0, 0.1) is 17.8 Å². The van der Waals surface area contributed by atoms with Crippen LogP contribution in [0.25, 0.3) is 0 Å². The summed E-state index contributed by atoms with van der Waals surface area (Å²) < 4.78 is 0. The monoisotopic (exact) mass is 358 g/mol. The third-order valence-corrected chi connectivity index (χ3v) is 6.88. The van der Waals surface area contributed by atoms with Gasteiger partial charge in [-0.05, 0) is 49.1 Å². The van der Waals surface area contributed by atoms with Crippen LogP contribution in [-0.4, -0.2) is 45.1 Å². The van der Waals surface area contributed by atoms with Crippen LogP contribution >= 0.6 is 0 Å². The van der Waals surface area contributed by atoms with Crippen LogP contribution in [0.15, 0.2) is 18.3 Å². The molecule has 2 aliphatic carbocycles. The standard InChI is InChI=1S/C21H30N2O3/c24-14-20(19-7-6-18(25)11-22-19)23-12-16-9-21(26,10-17(16)13-23)8-15-4-2-1-3-5-15/h6-7,11,14-17,20,25-26H,1-5,8-10,12-13H2/t16-,17+,20?,21?. The van der Waals surface area contributed by atoms with Crippen molar-refractivity contribution in [3.63, 3.8) is 0 Å². The summed E-state index contributed by atoms with van der Waals surface area (Å²) in [6.07, 6.45) is 11.6. The summed E-state index contributed by atoms with van der Waals surface area (Å²) in [5.74, 6) is 1.77. The van der Waals surface area contributed by atoms with Crippen LogP contribution in [0.3, 0.4) is 0 Å². The number of aliphatic hydroxyl groups is 1. The van der Waals surface area contributed by atoms with Crippen LogP contribution in [-0.2, 0) is 4.79 Å². The van der Waals surface area contributed by atoms with E-state index in [9.17, 15) is 15.0 Å². The van der Waals surface area contributed by atoms with Gasteiger partial charge < -0.3 is 15.0 Å². The molecule has 3 fully saturated rings. The van der Waals surface area contributed by atoms with E-state index in [4.69, 9.17) is 0 Å². The summed E-state index contributed by atoms with van der Waals surface area (Å²) in [4.78, 5) is 18.1. The predicted molar refractivity (Wildman–Crippen MR) is 98.6 cm³/mol. The van der Waals surface area contributed by atoms with Gasteiger partial charge in [0.05, 0.1) is 17.5 Å². The number of carbonyl (C=O) groups is 1. The van der Waals surface area contributed by atoms with Gasteiger partial charge in [0.15, 0.2) is 0 Å². The molecule has 1 aromatic heterocycles. The second-order valence-electron chi connectivity index (χ2n) is 8.84. The van der Waals surface area contributed by atoms with E-state index in [-0.39, 0.29) is 11.8 Å². The van der Waals surface area contributed by atoms with Crippen molar-refractivity contribution in [3.8, 4) is 5.75 Å². The van der Waals surface area contributed by atoms with Crippen LogP contribution in [0.5, 0.6) is 5.75 Å². The highest BCUT2D eigenvalue weighted by Crippen LogP contribution is 2.49. The molecule has 142 valence electrons. The average molecular weight is 358 g/mol. The first kappa shape index (κ1) is 17.9. The minimum absolute atomic E-state index is 0.115. The molecular weight excluding hydrogens is 328 g/mol. The fourth-order valence-corrected chi connectivity index (χ4v) is 5.73. The first-order chi connectivity index (χ1) is 12.6. The van der Waals surface area contributed by atoms with E-state index in [0.717, 1.165) is 38.6 Å². The lowest BCUT2D eigenvalue weighted by Gasteiger charge is -2.32. The number of carbonyl (C=O) groups excluding carboxylic acids is 1. The van der Waals surface area contributed by atoms with E-state index in [0.29, 0.717) is 23.4 Å². The van der Waals surface area contributed by atoms with Gasteiger partial charge in [0.2, 0.25) is 0 Å². The minimum Gasteiger partial charge on any atom is -0.506 e. The molecule has 0 amide bonds. The fraction of sp³-hybridized carbons (Fsp3) is 0.714. The highest BCUT2D eigenvalue weighted by atomic mass is 16.3. The van der Waals surface area contributed by atoms with E-state index in [1.54, 1.807) is 12.1 Å². The Morgan fingerprint density at radius 1 is 1.19 bits per heavy atom. The van der Waals surface area contributed by atoms with Crippen LogP contribution in [0.1, 0.15) is 63.1 Å². The van der Waals surface area contributed by atoms with Gasteiger partial charge in [-0.1, -0.05) is 32.1 Å². The van der Waals surface area contributed by atoms with Crippen molar-refractivity contribution >= 4 is 6.29 Å². The first-order valence-electron chi connectivity index (χ1n) is 10.1. The molecule has 1 aliphatic heterocycles. The number of rotatable bonds is 5. The maximum atomic E-state index is 11.7. The number of aromatic hydroxyl groups is 1. The van der Waals surface area contributed by atoms with Gasteiger partial charge in [0.1, 0.15) is 18.1 Å². The third-order valence-electron chi connectivity index (χ3n) is 6.88.